The standard InChI is InChI=1S/C12H23BCl4NO3P/c1-8(2)19-22(20-9(3)4,21-10(5)6)13(7-18,11(14)15)12(16)17/h8-12H,1-6H3. The molecule has 0 radical (unpaired) electrons. The molecule has 0 saturated heterocycles. The maximum Gasteiger partial charge on any atom is 0.415 e. The second-order valence-electron chi connectivity index (χ2n) is 5.75. The second kappa shape index (κ2) is 9.49. The number of nitriles is 1. The number of rotatable bonds is 9. The van der Waals surface area contributed by atoms with Crippen molar-refractivity contribution in [2.24, 2.45) is 0 Å². The molecule has 4 nitrogen and oxygen atoms in total. The van der Waals surface area contributed by atoms with Gasteiger partial charge in [0.25, 0.3) is 7.82 Å². The minimum atomic E-state index is -3.34. The minimum absolute atomic E-state index is 0.292. The number of hydrogen-bond acceptors (Lipinski definition) is 4. The Kier molecular flexibility index (Phi) is 9.94. The van der Waals surface area contributed by atoms with Crippen LogP contribution in [0, 0.1) is 11.2 Å². The third kappa shape index (κ3) is 5.26. The molecular formula is C12H23BCl4NO3P. The summed E-state index contributed by atoms with van der Waals surface area (Å²) in [6.45, 7) is 10.8. The van der Waals surface area contributed by atoms with Gasteiger partial charge in [0, 0.05) is 9.47 Å². The molecule has 0 aromatic rings. The lowest BCUT2D eigenvalue weighted by molar-refractivity contribution is 0.0846. The Morgan fingerprint density at radius 2 is 1.05 bits per heavy atom. The Labute approximate surface area is 154 Å². The van der Waals surface area contributed by atoms with Crippen molar-refractivity contribution in [2.75, 3.05) is 0 Å². The zero-order valence-electron chi connectivity index (χ0n) is 13.6. The van der Waals surface area contributed by atoms with Crippen LogP contribution in [0.3, 0.4) is 0 Å². The summed E-state index contributed by atoms with van der Waals surface area (Å²) in [6.07, 6.45) is -0.876. The Morgan fingerprint density at radius 1 is 0.773 bits per heavy atom. The molecule has 0 aromatic carbocycles. The monoisotopic (exact) mass is 411 g/mol. The third-order valence-corrected chi connectivity index (χ3v) is 8.77. The number of nitrogens with zero attached hydrogens (tertiary/aromatic N) is 1. The lowest BCUT2D eigenvalue weighted by atomic mass is 9.52. The maximum atomic E-state index is 9.82. The lowest BCUT2D eigenvalue weighted by Gasteiger charge is -2.44. The predicted octanol–water partition coefficient (Wildman–Crippen LogP) is 5.72. The molecule has 0 unspecified atom stereocenters. The van der Waals surface area contributed by atoms with Gasteiger partial charge in [0.15, 0.2) is 0 Å². The van der Waals surface area contributed by atoms with Gasteiger partial charge in [-0.15, -0.1) is 46.4 Å². The summed E-state index contributed by atoms with van der Waals surface area (Å²) in [7, 11) is -3.34. The highest BCUT2D eigenvalue weighted by molar-refractivity contribution is 8.01. The molecule has 0 aliphatic carbocycles. The molecule has 0 heterocycles. The van der Waals surface area contributed by atoms with Crippen LogP contribution in [0.4, 0.5) is 0 Å². The second-order valence-corrected chi connectivity index (χ2v) is 10.6. The number of halogens is 4. The normalized spacial score (nSPS) is 13.7. The molecule has 0 aliphatic heterocycles. The highest BCUT2D eigenvalue weighted by Gasteiger charge is 2.70. The predicted molar refractivity (Wildman–Crippen MR) is 97.9 cm³/mol. The molecule has 0 bridgehead atoms. The molecule has 0 N–H and O–H groups in total. The quantitative estimate of drug-likeness (QED) is 0.276. The first kappa shape index (κ1) is 23.0. The van der Waals surface area contributed by atoms with E-state index in [1.807, 2.05) is 0 Å². The Bertz CT molecular complexity index is 357. The van der Waals surface area contributed by atoms with Gasteiger partial charge in [-0.05, 0) is 41.5 Å². The summed E-state index contributed by atoms with van der Waals surface area (Å²) in [6, 6.07) is 0. The summed E-state index contributed by atoms with van der Waals surface area (Å²) in [4.78, 5) is 0. The van der Waals surface area contributed by atoms with Gasteiger partial charge in [-0.1, -0.05) is 5.97 Å². The first-order chi connectivity index (χ1) is 9.95. The van der Waals surface area contributed by atoms with Crippen LogP contribution in [0.2, 0.25) is 0 Å². The third-order valence-electron chi connectivity index (χ3n) is 2.57. The first-order valence-corrected chi connectivity index (χ1v) is 10.4. The first-order valence-electron chi connectivity index (χ1n) is 7.03. The smallest absolute Gasteiger partial charge is 0.244 e. The summed E-state index contributed by atoms with van der Waals surface area (Å²) in [5.74, 6) is -0.487. The van der Waals surface area contributed by atoms with Crippen LogP contribution in [-0.4, -0.2) is 33.6 Å². The van der Waals surface area contributed by atoms with Gasteiger partial charge in [-0.3, -0.25) is 0 Å². The fourth-order valence-corrected chi connectivity index (χ4v) is 7.80. The molecule has 0 aliphatic rings. The van der Waals surface area contributed by atoms with Crippen LogP contribution in [0.1, 0.15) is 41.5 Å². The van der Waals surface area contributed by atoms with Crippen molar-refractivity contribution < 1.29 is 13.6 Å². The molecular weight excluding hydrogens is 390 g/mol. The van der Waals surface area contributed by atoms with E-state index in [4.69, 9.17) is 60.0 Å². The van der Waals surface area contributed by atoms with Crippen LogP contribution >= 0.6 is 54.2 Å². The summed E-state index contributed by atoms with van der Waals surface area (Å²) in [5, 5.41) is 9.82. The van der Waals surface area contributed by atoms with E-state index < -0.39 is 23.2 Å². The van der Waals surface area contributed by atoms with Gasteiger partial charge >= 0.3 is 5.87 Å². The van der Waals surface area contributed by atoms with Crippen LogP contribution in [0.15, 0.2) is 0 Å². The fourth-order valence-electron chi connectivity index (χ4n) is 1.83. The van der Waals surface area contributed by atoms with Crippen molar-refractivity contribution in [1.82, 2.24) is 0 Å². The average Bonchev–Trinajstić information content (AvgIpc) is 2.25. The van der Waals surface area contributed by atoms with Gasteiger partial charge in [0.2, 0.25) is 0 Å². The maximum absolute atomic E-state index is 9.82. The Morgan fingerprint density at radius 3 is 1.18 bits per heavy atom. The van der Waals surface area contributed by atoms with E-state index in [2.05, 4.69) is 5.97 Å². The van der Waals surface area contributed by atoms with Gasteiger partial charge in [-0.2, -0.15) is 0 Å². The van der Waals surface area contributed by atoms with E-state index in [0.717, 1.165) is 0 Å². The molecule has 0 atom stereocenters. The van der Waals surface area contributed by atoms with Crippen LogP contribution in [-0.2, 0) is 13.6 Å². The van der Waals surface area contributed by atoms with Crippen molar-refractivity contribution in [3.8, 4) is 5.97 Å². The fraction of sp³-hybridized carbons (Fsp3) is 0.917. The van der Waals surface area contributed by atoms with Gasteiger partial charge in [0.05, 0.1) is 18.3 Å². The zero-order valence-corrected chi connectivity index (χ0v) is 17.5. The molecule has 0 fully saturated rings. The highest BCUT2D eigenvalue weighted by atomic mass is 35.5. The number of hydrogen-bond donors (Lipinski definition) is 0. The Balaban J connectivity index is 6.32. The van der Waals surface area contributed by atoms with Crippen molar-refractivity contribution >= 4 is 60.1 Å². The SMILES string of the molecule is CC(C)O[P+](OC(C)C)(OC(C)C)[B-](C#N)(C(Cl)Cl)C(Cl)Cl. The van der Waals surface area contributed by atoms with Gasteiger partial charge in [0.1, 0.15) is 0 Å². The van der Waals surface area contributed by atoms with E-state index in [0.29, 0.717) is 0 Å². The molecule has 0 amide bonds. The van der Waals surface area contributed by atoms with Crippen molar-refractivity contribution in [1.29, 1.82) is 5.26 Å². The molecule has 130 valence electrons. The average molecular weight is 413 g/mol. The Hall–Kier alpha value is 1.02. The molecule has 22 heavy (non-hydrogen) atoms. The van der Waals surface area contributed by atoms with Crippen molar-refractivity contribution in [2.45, 2.75) is 69.3 Å². The summed E-state index contributed by atoms with van der Waals surface area (Å²) >= 11 is 24.5. The van der Waals surface area contributed by atoms with E-state index in [9.17, 15) is 5.26 Å². The molecule has 10 heteroatoms. The summed E-state index contributed by atoms with van der Waals surface area (Å²) < 4.78 is 15.5. The van der Waals surface area contributed by atoms with E-state index >= 15 is 0 Å². The van der Waals surface area contributed by atoms with E-state index in [-0.39, 0.29) is 18.3 Å². The van der Waals surface area contributed by atoms with Crippen molar-refractivity contribution in [3.63, 3.8) is 0 Å². The minimum Gasteiger partial charge on any atom is -0.244 e. The molecule has 0 rings (SSSR count). The van der Waals surface area contributed by atoms with Gasteiger partial charge < -0.3 is 0 Å². The van der Waals surface area contributed by atoms with Crippen LogP contribution in [0.25, 0.3) is 0 Å². The largest absolute Gasteiger partial charge is 0.415 e. The van der Waals surface area contributed by atoms with E-state index in [1.54, 1.807) is 41.5 Å². The summed E-state index contributed by atoms with van der Waals surface area (Å²) in [5.41, 5.74) is 0. The van der Waals surface area contributed by atoms with Crippen LogP contribution in [0.5, 0.6) is 0 Å². The van der Waals surface area contributed by atoms with Crippen molar-refractivity contribution in [3.05, 3.63) is 0 Å². The number of alkyl halides is 4. The lowest BCUT2D eigenvalue weighted by Crippen LogP contribution is -2.53. The molecule has 0 saturated carbocycles. The topological polar surface area (TPSA) is 51.5 Å². The zero-order chi connectivity index (χ0) is 17.7. The highest BCUT2D eigenvalue weighted by Crippen LogP contribution is 2.74. The van der Waals surface area contributed by atoms with Gasteiger partial charge in [-0.25, -0.2) is 18.8 Å². The molecule has 0 aromatic heterocycles. The van der Waals surface area contributed by atoms with Crippen LogP contribution < -0.4 is 0 Å². The molecule has 0 spiro atoms. The van der Waals surface area contributed by atoms with E-state index in [1.165, 1.54) is 0 Å².